The second-order valence-corrected chi connectivity index (χ2v) is 8.59. The summed E-state index contributed by atoms with van der Waals surface area (Å²) >= 11 is 1.52. The van der Waals surface area contributed by atoms with Crippen LogP contribution in [0.15, 0.2) is 22.9 Å². The number of aryl methyl sites for hydroxylation is 1. The van der Waals surface area contributed by atoms with Crippen LogP contribution in [-0.4, -0.2) is 31.4 Å². The molecule has 1 heterocycles. The predicted octanol–water partition coefficient (Wildman–Crippen LogP) is 2.89. The monoisotopic (exact) mass is 328 g/mol. The lowest BCUT2D eigenvalue weighted by Gasteiger charge is -2.21. The van der Waals surface area contributed by atoms with Gasteiger partial charge in [0.1, 0.15) is 4.90 Å². The SMILES string of the molecule is C=CCN(C1CC1)S(=O)(=O)c1c(C)csc1CNC(C)C. The Bertz CT molecular complexity index is 601. The van der Waals surface area contributed by atoms with E-state index in [9.17, 15) is 8.42 Å². The standard InChI is InChI=1S/C15H24N2O2S2/c1-5-8-17(13-6-7-13)21(18,19)15-12(4)10-20-14(15)9-16-11(2)3/h5,10-11,13,16H,1,6-9H2,2-4H3. The maximum Gasteiger partial charge on any atom is 0.245 e. The van der Waals surface area contributed by atoms with Gasteiger partial charge in [0, 0.05) is 30.1 Å². The number of hydrogen-bond donors (Lipinski definition) is 1. The summed E-state index contributed by atoms with van der Waals surface area (Å²) in [6.45, 7) is 10.7. The average molecular weight is 329 g/mol. The van der Waals surface area contributed by atoms with E-state index in [4.69, 9.17) is 0 Å². The fourth-order valence-corrected chi connectivity index (χ4v) is 5.67. The molecule has 1 aliphatic rings. The molecule has 1 N–H and O–H groups in total. The van der Waals surface area contributed by atoms with Gasteiger partial charge < -0.3 is 5.32 Å². The summed E-state index contributed by atoms with van der Waals surface area (Å²) in [4.78, 5) is 1.39. The van der Waals surface area contributed by atoms with Crippen LogP contribution in [-0.2, 0) is 16.6 Å². The molecule has 0 spiro atoms. The van der Waals surface area contributed by atoms with Gasteiger partial charge in [0.25, 0.3) is 0 Å². The minimum absolute atomic E-state index is 0.151. The van der Waals surface area contributed by atoms with Gasteiger partial charge in [-0.3, -0.25) is 0 Å². The first-order valence-corrected chi connectivity index (χ1v) is 9.63. The second-order valence-electron chi connectivity index (χ2n) is 5.80. The van der Waals surface area contributed by atoms with Crippen molar-refractivity contribution in [3.05, 3.63) is 28.5 Å². The van der Waals surface area contributed by atoms with Crippen molar-refractivity contribution in [1.29, 1.82) is 0 Å². The van der Waals surface area contributed by atoms with Crippen LogP contribution in [0.5, 0.6) is 0 Å². The maximum atomic E-state index is 13.0. The Morgan fingerprint density at radius 1 is 1.52 bits per heavy atom. The molecule has 21 heavy (non-hydrogen) atoms. The molecule has 2 rings (SSSR count). The molecule has 0 bridgehead atoms. The average Bonchev–Trinajstić information content (AvgIpc) is 3.16. The van der Waals surface area contributed by atoms with Crippen molar-refractivity contribution in [2.75, 3.05) is 6.54 Å². The van der Waals surface area contributed by atoms with Gasteiger partial charge in [0.05, 0.1) is 0 Å². The first kappa shape index (κ1) is 16.7. The number of rotatable bonds is 8. The van der Waals surface area contributed by atoms with Crippen LogP contribution in [0.3, 0.4) is 0 Å². The summed E-state index contributed by atoms with van der Waals surface area (Å²) in [5.74, 6) is 0. The third-order valence-corrected chi connectivity index (χ3v) is 6.87. The quantitative estimate of drug-likeness (QED) is 0.747. The van der Waals surface area contributed by atoms with E-state index in [-0.39, 0.29) is 6.04 Å². The van der Waals surface area contributed by atoms with Crippen molar-refractivity contribution < 1.29 is 8.42 Å². The molecule has 0 atom stereocenters. The van der Waals surface area contributed by atoms with Gasteiger partial charge in [-0.15, -0.1) is 17.9 Å². The molecule has 0 unspecified atom stereocenters. The second kappa shape index (κ2) is 6.60. The number of nitrogens with one attached hydrogen (secondary N) is 1. The maximum absolute atomic E-state index is 13.0. The van der Waals surface area contributed by atoms with Gasteiger partial charge in [-0.1, -0.05) is 19.9 Å². The van der Waals surface area contributed by atoms with E-state index in [1.165, 1.54) is 11.3 Å². The Labute approximate surface area is 131 Å². The fourth-order valence-electron chi connectivity index (χ4n) is 2.30. The topological polar surface area (TPSA) is 49.4 Å². The molecular weight excluding hydrogens is 304 g/mol. The van der Waals surface area contributed by atoms with E-state index < -0.39 is 10.0 Å². The summed E-state index contributed by atoms with van der Waals surface area (Å²) in [7, 11) is -3.43. The highest BCUT2D eigenvalue weighted by Gasteiger charge is 2.39. The molecule has 0 saturated heterocycles. The van der Waals surface area contributed by atoms with Crippen LogP contribution in [0.4, 0.5) is 0 Å². The van der Waals surface area contributed by atoms with Gasteiger partial charge in [-0.2, -0.15) is 4.31 Å². The predicted molar refractivity (Wildman–Crippen MR) is 88.1 cm³/mol. The molecule has 1 aromatic rings. The Morgan fingerprint density at radius 3 is 2.71 bits per heavy atom. The zero-order valence-electron chi connectivity index (χ0n) is 12.9. The van der Waals surface area contributed by atoms with E-state index in [0.717, 1.165) is 23.3 Å². The van der Waals surface area contributed by atoms with Crippen LogP contribution in [0.1, 0.15) is 37.1 Å². The molecule has 0 aromatic carbocycles. The highest BCUT2D eigenvalue weighted by atomic mass is 32.2. The van der Waals surface area contributed by atoms with E-state index >= 15 is 0 Å². The first-order valence-electron chi connectivity index (χ1n) is 7.31. The Morgan fingerprint density at radius 2 is 2.19 bits per heavy atom. The van der Waals surface area contributed by atoms with Crippen molar-refractivity contribution in [1.82, 2.24) is 9.62 Å². The van der Waals surface area contributed by atoms with Crippen molar-refractivity contribution in [2.45, 2.75) is 57.1 Å². The Hall–Kier alpha value is -0.690. The van der Waals surface area contributed by atoms with Gasteiger partial charge >= 0.3 is 0 Å². The molecule has 6 heteroatoms. The lowest BCUT2D eigenvalue weighted by Crippen LogP contribution is -2.34. The molecule has 1 aliphatic carbocycles. The van der Waals surface area contributed by atoms with Gasteiger partial charge in [0.2, 0.25) is 10.0 Å². The third-order valence-electron chi connectivity index (χ3n) is 3.49. The minimum atomic E-state index is -3.43. The molecule has 0 radical (unpaired) electrons. The first-order chi connectivity index (χ1) is 9.87. The number of nitrogens with zero attached hydrogens (tertiary/aromatic N) is 1. The summed E-state index contributed by atoms with van der Waals surface area (Å²) in [6, 6.07) is 0.480. The lowest BCUT2D eigenvalue weighted by molar-refractivity contribution is 0.434. The van der Waals surface area contributed by atoms with Gasteiger partial charge in [-0.05, 0) is 30.7 Å². The van der Waals surface area contributed by atoms with Crippen LogP contribution in [0.2, 0.25) is 0 Å². The van der Waals surface area contributed by atoms with Crippen LogP contribution < -0.4 is 5.32 Å². The molecule has 0 aliphatic heterocycles. The van der Waals surface area contributed by atoms with Crippen LogP contribution >= 0.6 is 11.3 Å². The van der Waals surface area contributed by atoms with Crippen LogP contribution in [0, 0.1) is 6.92 Å². The summed E-state index contributed by atoms with van der Waals surface area (Å²) in [6.07, 6.45) is 3.58. The van der Waals surface area contributed by atoms with Gasteiger partial charge in [-0.25, -0.2) is 8.42 Å². The lowest BCUT2D eigenvalue weighted by atomic mass is 10.3. The van der Waals surface area contributed by atoms with E-state index in [2.05, 4.69) is 25.7 Å². The van der Waals surface area contributed by atoms with E-state index in [0.29, 0.717) is 24.0 Å². The summed E-state index contributed by atoms with van der Waals surface area (Å²) in [5.41, 5.74) is 0.843. The molecule has 4 nitrogen and oxygen atoms in total. The number of thiophene rings is 1. The Kier molecular flexibility index (Phi) is 5.24. The highest BCUT2D eigenvalue weighted by Crippen LogP contribution is 2.36. The van der Waals surface area contributed by atoms with Crippen molar-refractivity contribution in [3.63, 3.8) is 0 Å². The van der Waals surface area contributed by atoms with Crippen LogP contribution in [0.25, 0.3) is 0 Å². The molecular formula is C15H24N2O2S2. The van der Waals surface area contributed by atoms with E-state index in [1.54, 1.807) is 10.4 Å². The van der Waals surface area contributed by atoms with E-state index in [1.807, 2.05) is 12.3 Å². The summed E-state index contributed by atoms with van der Waals surface area (Å²) in [5, 5.41) is 5.24. The third kappa shape index (κ3) is 3.74. The van der Waals surface area contributed by atoms with Gasteiger partial charge in [0.15, 0.2) is 0 Å². The smallest absolute Gasteiger partial charge is 0.245 e. The minimum Gasteiger partial charge on any atom is -0.310 e. The number of sulfonamides is 1. The van der Waals surface area contributed by atoms with Crippen molar-refractivity contribution in [3.8, 4) is 0 Å². The largest absolute Gasteiger partial charge is 0.310 e. The highest BCUT2D eigenvalue weighted by molar-refractivity contribution is 7.89. The Balaban J connectivity index is 2.34. The normalized spacial score (nSPS) is 15.9. The zero-order chi connectivity index (χ0) is 15.6. The van der Waals surface area contributed by atoms with Crippen molar-refractivity contribution >= 4 is 21.4 Å². The zero-order valence-corrected chi connectivity index (χ0v) is 14.6. The molecule has 118 valence electrons. The molecule has 1 fully saturated rings. The van der Waals surface area contributed by atoms with Crippen molar-refractivity contribution in [2.24, 2.45) is 0 Å². The summed E-state index contributed by atoms with van der Waals surface area (Å²) < 4.78 is 27.6. The fraction of sp³-hybridized carbons (Fsp3) is 0.600. The molecule has 1 saturated carbocycles. The molecule has 0 amide bonds. The number of hydrogen-bond acceptors (Lipinski definition) is 4. The molecule has 1 aromatic heterocycles.